The first-order chi connectivity index (χ1) is 18.6. The normalized spacial score (nSPS) is 17.9. The van der Waals surface area contributed by atoms with Gasteiger partial charge in [0.05, 0.1) is 27.1 Å². The van der Waals surface area contributed by atoms with Crippen molar-refractivity contribution in [1.29, 1.82) is 0 Å². The fourth-order valence-electron chi connectivity index (χ4n) is 4.62. The zero-order valence-electron chi connectivity index (χ0n) is 23.1. The molecule has 0 aliphatic heterocycles. The number of nitrogens with zero attached hydrogens (tertiary/aromatic N) is 2. The number of amides is 1. The molecule has 2 heterocycles. The Morgan fingerprint density at radius 3 is 2.51 bits per heavy atom. The van der Waals surface area contributed by atoms with Crippen molar-refractivity contribution >= 4 is 39.1 Å². The quantitative estimate of drug-likeness (QED) is 0.238. The minimum Gasteiger partial charge on any atom is -0.447 e. The van der Waals surface area contributed by atoms with E-state index in [4.69, 9.17) is 4.74 Å². The van der Waals surface area contributed by atoms with Gasteiger partial charge in [-0.15, -0.1) is 11.3 Å². The van der Waals surface area contributed by atoms with E-state index in [9.17, 15) is 13.2 Å². The molecule has 1 aliphatic carbocycles. The van der Waals surface area contributed by atoms with Crippen LogP contribution in [0.15, 0.2) is 35.5 Å². The molecule has 10 nitrogen and oxygen atoms in total. The minimum absolute atomic E-state index is 0.0922. The summed E-state index contributed by atoms with van der Waals surface area (Å²) in [5.41, 5.74) is 2.22. The van der Waals surface area contributed by atoms with E-state index in [2.05, 4.69) is 44.2 Å². The second-order valence-corrected chi connectivity index (χ2v) is 13.2. The number of anilines is 2. The van der Waals surface area contributed by atoms with Gasteiger partial charge in [-0.3, -0.25) is 0 Å². The van der Waals surface area contributed by atoms with E-state index < -0.39 is 10.0 Å². The number of sulfonamides is 1. The Morgan fingerprint density at radius 2 is 1.87 bits per heavy atom. The average Bonchev–Trinajstić information content (AvgIpc) is 3.54. The second-order valence-electron chi connectivity index (χ2n) is 10.4. The predicted molar refractivity (Wildman–Crippen MR) is 154 cm³/mol. The van der Waals surface area contributed by atoms with Crippen LogP contribution >= 0.6 is 11.3 Å². The summed E-state index contributed by atoms with van der Waals surface area (Å²) in [7, 11) is -3.75. The van der Waals surface area contributed by atoms with E-state index in [0.717, 1.165) is 41.3 Å². The molecule has 4 rings (SSSR count). The van der Waals surface area contributed by atoms with Crippen molar-refractivity contribution in [1.82, 2.24) is 25.0 Å². The first-order valence-corrected chi connectivity index (χ1v) is 15.7. The molecule has 1 amide bonds. The number of aromatic amines is 1. The Morgan fingerprint density at radius 1 is 1.13 bits per heavy atom. The number of imidazole rings is 1. The van der Waals surface area contributed by atoms with Gasteiger partial charge in [0.1, 0.15) is 0 Å². The van der Waals surface area contributed by atoms with E-state index in [-0.39, 0.29) is 35.6 Å². The second kappa shape index (κ2) is 12.5. The maximum absolute atomic E-state index is 13.2. The minimum atomic E-state index is -3.75. The third-order valence-corrected chi connectivity index (χ3v) is 9.39. The summed E-state index contributed by atoms with van der Waals surface area (Å²) in [6, 6.07) is 5.40. The SMILES string of the molecule is CCNS(=O)(=O)c1cc(Nc2ncc(C(C)C)[nH]2)ccc1-c1cnc(C2CCC(NC(=O)OC(C)C)CC2)s1. The number of alkyl carbamates (subject to hydrolysis) is 1. The van der Waals surface area contributed by atoms with Crippen molar-refractivity contribution in [2.75, 3.05) is 11.9 Å². The van der Waals surface area contributed by atoms with Crippen LogP contribution in [0.3, 0.4) is 0 Å². The molecule has 12 heteroatoms. The lowest BCUT2D eigenvalue weighted by molar-refractivity contribution is 0.109. The Bertz CT molecular complexity index is 1370. The molecule has 1 aliphatic rings. The van der Waals surface area contributed by atoms with Gasteiger partial charge in [-0.1, -0.05) is 26.8 Å². The molecule has 39 heavy (non-hydrogen) atoms. The van der Waals surface area contributed by atoms with Crippen LogP contribution < -0.4 is 15.4 Å². The highest BCUT2D eigenvalue weighted by atomic mass is 32.2. The molecule has 2 aromatic heterocycles. The average molecular weight is 575 g/mol. The third kappa shape index (κ3) is 7.37. The van der Waals surface area contributed by atoms with Gasteiger partial charge in [0.25, 0.3) is 0 Å². The van der Waals surface area contributed by atoms with Crippen molar-refractivity contribution in [2.45, 2.75) is 89.2 Å². The number of nitrogens with one attached hydrogen (secondary N) is 4. The highest BCUT2D eigenvalue weighted by molar-refractivity contribution is 7.89. The summed E-state index contributed by atoms with van der Waals surface area (Å²) < 4.78 is 34.2. The van der Waals surface area contributed by atoms with Crippen LogP contribution in [0.4, 0.5) is 16.4 Å². The fraction of sp³-hybridized carbons (Fsp3) is 0.519. The Kier molecular flexibility index (Phi) is 9.29. The van der Waals surface area contributed by atoms with E-state index >= 15 is 0 Å². The van der Waals surface area contributed by atoms with E-state index in [1.807, 2.05) is 26.0 Å². The number of ether oxygens (including phenoxy) is 1. The van der Waals surface area contributed by atoms with Crippen molar-refractivity contribution < 1.29 is 17.9 Å². The summed E-state index contributed by atoms with van der Waals surface area (Å²) in [5.74, 6) is 1.13. The van der Waals surface area contributed by atoms with Crippen molar-refractivity contribution in [3.8, 4) is 10.4 Å². The summed E-state index contributed by atoms with van der Waals surface area (Å²) in [6.45, 7) is 9.85. The molecule has 1 aromatic carbocycles. The Labute approximate surface area is 234 Å². The molecule has 0 atom stereocenters. The van der Waals surface area contributed by atoms with Gasteiger partial charge >= 0.3 is 6.09 Å². The Hall–Kier alpha value is -2.96. The van der Waals surface area contributed by atoms with Crippen LogP contribution in [0.25, 0.3) is 10.4 Å². The first-order valence-electron chi connectivity index (χ1n) is 13.4. The number of rotatable bonds is 10. The smallest absolute Gasteiger partial charge is 0.407 e. The molecule has 0 radical (unpaired) electrons. The summed E-state index contributed by atoms with van der Waals surface area (Å²) in [5, 5.41) is 7.13. The van der Waals surface area contributed by atoms with Crippen LogP contribution in [0, 0.1) is 0 Å². The van der Waals surface area contributed by atoms with Crippen LogP contribution in [-0.4, -0.2) is 48.2 Å². The maximum Gasteiger partial charge on any atom is 0.407 e. The molecule has 0 bridgehead atoms. The molecule has 0 unspecified atom stereocenters. The lowest BCUT2D eigenvalue weighted by Crippen LogP contribution is -2.38. The standard InChI is InChI=1S/C27H38N6O4S2/c1-6-30-39(35,36)24-13-20(31-26-29-14-22(33-26)16(2)3)11-12-21(24)23-15-28-25(38-23)18-7-9-19(10-8-18)32-27(34)37-17(4)5/h11-19,30H,6-10H2,1-5H3,(H,32,34)(H2,29,31,33). The van der Waals surface area contributed by atoms with Gasteiger partial charge in [-0.25, -0.2) is 27.9 Å². The summed E-state index contributed by atoms with van der Waals surface area (Å²) in [6.07, 6.45) is 6.50. The molecular weight excluding hydrogens is 536 g/mol. The molecule has 212 valence electrons. The molecule has 1 fully saturated rings. The van der Waals surface area contributed by atoms with Crippen LogP contribution in [-0.2, 0) is 14.8 Å². The summed E-state index contributed by atoms with van der Waals surface area (Å²) >= 11 is 1.53. The van der Waals surface area contributed by atoms with Crippen molar-refractivity contribution in [3.05, 3.63) is 41.3 Å². The van der Waals surface area contributed by atoms with Gasteiger partial charge in [-0.2, -0.15) is 0 Å². The van der Waals surface area contributed by atoms with Crippen LogP contribution in [0.5, 0.6) is 0 Å². The van der Waals surface area contributed by atoms with Gasteiger partial charge in [0.2, 0.25) is 16.0 Å². The number of aromatic nitrogens is 3. The molecule has 0 saturated heterocycles. The molecule has 4 N–H and O–H groups in total. The number of carbonyl (C=O) groups excluding carboxylic acids is 1. The zero-order valence-corrected chi connectivity index (χ0v) is 24.7. The lowest BCUT2D eigenvalue weighted by atomic mass is 9.86. The first kappa shape index (κ1) is 29.0. The molecule has 3 aromatic rings. The number of thiazole rings is 1. The van der Waals surface area contributed by atoms with Gasteiger partial charge < -0.3 is 20.4 Å². The molecule has 0 spiro atoms. The van der Waals surface area contributed by atoms with Crippen molar-refractivity contribution in [2.24, 2.45) is 0 Å². The zero-order chi connectivity index (χ0) is 28.2. The number of hydrogen-bond donors (Lipinski definition) is 4. The van der Waals surface area contributed by atoms with Gasteiger partial charge in [-0.05, 0) is 57.6 Å². The number of hydrogen-bond acceptors (Lipinski definition) is 8. The highest BCUT2D eigenvalue weighted by Gasteiger charge is 2.27. The number of H-pyrrole nitrogens is 1. The van der Waals surface area contributed by atoms with E-state index in [0.29, 0.717) is 23.1 Å². The number of benzene rings is 1. The van der Waals surface area contributed by atoms with Gasteiger partial charge in [0.15, 0.2) is 0 Å². The van der Waals surface area contributed by atoms with Crippen LogP contribution in [0.1, 0.15) is 82.8 Å². The number of carbonyl (C=O) groups is 1. The van der Waals surface area contributed by atoms with Gasteiger partial charge in [0, 0.05) is 41.6 Å². The largest absolute Gasteiger partial charge is 0.447 e. The third-order valence-electron chi connectivity index (χ3n) is 6.62. The van der Waals surface area contributed by atoms with E-state index in [1.165, 1.54) is 11.3 Å². The van der Waals surface area contributed by atoms with Crippen LogP contribution in [0.2, 0.25) is 0 Å². The van der Waals surface area contributed by atoms with E-state index in [1.54, 1.807) is 25.4 Å². The topological polar surface area (TPSA) is 138 Å². The summed E-state index contributed by atoms with van der Waals surface area (Å²) in [4.78, 5) is 25.2. The fourth-order valence-corrected chi connectivity index (χ4v) is 7.10. The monoisotopic (exact) mass is 574 g/mol. The van der Waals surface area contributed by atoms with Crippen molar-refractivity contribution in [3.63, 3.8) is 0 Å². The Balaban J connectivity index is 1.52. The lowest BCUT2D eigenvalue weighted by Gasteiger charge is -2.28. The highest BCUT2D eigenvalue weighted by Crippen LogP contribution is 2.40. The molecular formula is C27H38N6O4S2. The predicted octanol–water partition coefficient (Wildman–Crippen LogP) is 5.86. The maximum atomic E-state index is 13.2. The molecule has 1 saturated carbocycles.